The van der Waals surface area contributed by atoms with Gasteiger partial charge in [0, 0.05) is 5.03 Å². The number of allylic oxidation sites excluding steroid dienone is 1. The van der Waals surface area contributed by atoms with Gasteiger partial charge in [0.15, 0.2) is 0 Å². The van der Waals surface area contributed by atoms with Crippen LogP contribution >= 0.6 is 11.6 Å². The van der Waals surface area contributed by atoms with Gasteiger partial charge in [0.1, 0.15) is 0 Å². The van der Waals surface area contributed by atoms with E-state index in [-0.39, 0.29) is 5.92 Å². The van der Waals surface area contributed by atoms with Crippen molar-refractivity contribution in [1.29, 1.82) is 0 Å². The predicted octanol–water partition coefficient (Wildman–Crippen LogP) is 2.19. The van der Waals surface area contributed by atoms with Crippen LogP contribution in [0.5, 0.6) is 0 Å². The zero-order chi connectivity index (χ0) is 10.2. The normalized spacial score (nSPS) is 43.8. The van der Waals surface area contributed by atoms with Crippen molar-refractivity contribution in [3.63, 3.8) is 0 Å². The Balaban J connectivity index is 2.23. The molecule has 2 N–H and O–H groups in total. The van der Waals surface area contributed by atoms with E-state index in [1.807, 2.05) is 6.08 Å². The molecule has 0 unspecified atom stereocenters. The number of aliphatic hydroxyl groups excluding tert-OH is 1. The molecular weight excluding hydrogens is 200 g/mol. The van der Waals surface area contributed by atoms with E-state index in [0.29, 0.717) is 6.42 Å². The molecule has 0 aromatic rings. The summed E-state index contributed by atoms with van der Waals surface area (Å²) in [5, 5.41) is 21.1. The fourth-order valence-corrected chi connectivity index (χ4v) is 3.01. The minimum atomic E-state index is -0.884. The Morgan fingerprint density at radius 2 is 2.21 bits per heavy atom. The van der Waals surface area contributed by atoms with Crippen LogP contribution in [0.2, 0.25) is 0 Å². The average Bonchev–Trinajstić information content (AvgIpc) is 2.27. The lowest BCUT2D eigenvalue weighted by molar-refractivity contribution is -0.129. The van der Waals surface area contributed by atoms with Crippen molar-refractivity contribution in [3.05, 3.63) is 11.1 Å². The summed E-state index contributed by atoms with van der Waals surface area (Å²) in [5.74, 6) is 0.150. The van der Waals surface area contributed by atoms with Gasteiger partial charge in [-0.15, -0.1) is 0 Å². The molecule has 2 aliphatic rings. The highest BCUT2D eigenvalue weighted by molar-refractivity contribution is 6.29. The van der Waals surface area contributed by atoms with Gasteiger partial charge in [0.2, 0.25) is 0 Å². The second-order valence-electron chi connectivity index (χ2n) is 4.54. The van der Waals surface area contributed by atoms with Crippen molar-refractivity contribution in [1.82, 2.24) is 0 Å². The molecule has 2 aliphatic carbocycles. The number of hydrogen-bond donors (Lipinski definition) is 2. The van der Waals surface area contributed by atoms with Crippen molar-refractivity contribution in [2.45, 2.75) is 50.2 Å². The zero-order valence-electron chi connectivity index (χ0n) is 8.25. The molecule has 80 valence electrons. The Morgan fingerprint density at radius 3 is 3.00 bits per heavy atom. The third-order valence-electron chi connectivity index (χ3n) is 3.67. The average molecular weight is 217 g/mol. The molecule has 0 aliphatic heterocycles. The van der Waals surface area contributed by atoms with Crippen molar-refractivity contribution in [2.75, 3.05) is 0 Å². The molecular formula is C11H17ClO2. The lowest BCUT2D eigenvalue weighted by Crippen LogP contribution is -2.49. The van der Waals surface area contributed by atoms with E-state index >= 15 is 0 Å². The zero-order valence-corrected chi connectivity index (χ0v) is 9.00. The molecule has 3 atom stereocenters. The van der Waals surface area contributed by atoms with E-state index in [4.69, 9.17) is 11.6 Å². The Kier molecular flexibility index (Phi) is 2.87. The van der Waals surface area contributed by atoms with Crippen LogP contribution in [0, 0.1) is 5.92 Å². The van der Waals surface area contributed by atoms with Gasteiger partial charge >= 0.3 is 0 Å². The van der Waals surface area contributed by atoms with Gasteiger partial charge in [-0.3, -0.25) is 0 Å². The summed E-state index contributed by atoms with van der Waals surface area (Å²) in [6, 6.07) is 0. The van der Waals surface area contributed by atoms with Crippen LogP contribution in [0.1, 0.15) is 38.5 Å². The second-order valence-corrected chi connectivity index (χ2v) is 5.03. The summed E-state index contributed by atoms with van der Waals surface area (Å²) in [7, 11) is 0. The van der Waals surface area contributed by atoms with Crippen LogP contribution in [0.4, 0.5) is 0 Å². The summed E-state index contributed by atoms with van der Waals surface area (Å²) < 4.78 is 0. The first-order valence-electron chi connectivity index (χ1n) is 5.38. The highest BCUT2D eigenvalue weighted by Gasteiger charge is 2.45. The number of rotatable bonds is 0. The van der Waals surface area contributed by atoms with E-state index in [9.17, 15) is 10.2 Å². The molecule has 0 aromatic carbocycles. The van der Waals surface area contributed by atoms with Gasteiger partial charge < -0.3 is 10.2 Å². The van der Waals surface area contributed by atoms with E-state index in [2.05, 4.69) is 0 Å². The highest BCUT2D eigenvalue weighted by atomic mass is 35.5. The Morgan fingerprint density at radius 1 is 1.43 bits per heavy atom. The quantitative estimate of drug-likeness (QED) is 0.652. The lowest BCUT2D eigenvalue weighted by Gasteiger charge is -2.42. The van der Waals surface area contributed by atoms with Gasteiger partial charge in [-0.2, -0.15) is 0 Å². The van der Waals surface area contributed by atoms with Crippen molar-refractivity contribution >= 4 is 11.6 Å². The Hall–Kier alpha value is -0.0500. The second kappa shape index (κ2) is 3.84. The van der Waals surface area contributed by atoms with Crippen LogP contribution < -0.4 is 0 Å². The van der Waals surface area contributed by atoms with Gasteiger partial charge in [-0.05, 0) is 31.6 Å². The summed E-state index contributed by atoms with van der Waals surface area (Å²) in [6.07, 6.45) is 6.30. The van der Waals surface area contributed by atoms with Crippen LogP contribution in [-0.2, 0) is 0 Å². The first kappa shape index (κ1) is 10.5. The number of hydrogen-bond acceptors (Lipinski definition) is 2. The molecule has 1 saturated carbocycles. The number of aliphatic hydroxyl groups is 2. The van der Waals surface area contributed by atoms with Crippen molar-refractivity contribution in [2.24, 2.45) is 5.92 Å². The molecule has 1 fully saturated rings. The first-order chi connectivity index (χ1) is 6.63. The SMILES string of the molecule is O[C@H]1CC=C(Cl)C[C@H]2CCCC[C@@]21O. The monoisotopic (exact) mass is 216 g/mol. The molecule has 0 aromatic heterocycles. The largest absolute Gasteiger partial charge is 0.390 e. The van der Waals surface area contributed by atoms with Crippen LogP contribution in [0.3, 0.4) is 0 Å². The minimum Gasteiger partial charge on any atom is -0.390 e. The number of fused-ring (bicyclic) bond motifs is 1. The molecule has 14 heavy (non-hydrogen) atoms. The van der Waals surface area contributed by atoms with E-state index in [1.165, 1.54) is 0 Å². The third-order valence-corrected chi connectivity index (χ3v) is 3.98. The molecule has 2 rings (SSSR count). The van der Waals surface area contributed by atoms with Gasteiger partial charge in [-0.25, -0.2) is 0 Å². The molecule has 0 amide bonds. The molecule has 2 nitrogen and oxygen atoms in total. The maximum atomic E-state index is 10.4. The van der Waals surface area contributed by atoms with E-state index in [1.54, 1.807) is 0 Å². The maximum absolute atomic E-state index is 10.4. The predicted molar refractivity (Wildman–Crippen MR) is 56.1 cm³/mol. The summed E-state index contributed by atoms with van der Waals surface area (Å²) >= 11 is 6.01. The Bertz CT molecular complexity index is 252. The highest BCUT2D eigenvalue weighted by Crippen LogP contribution is 2.43. The van der Waals surface area contributed by atoms with E-state index < -0.39 is 11.7 Å². The summed E-state index contributed by atoms with van der Waals surface area (Å²) in [4.78, 5) is 0. The fourth-order valence-electron chi connectivity index (χ4n) is 2.73. The fraction of sp³-hybridized carbons (Fsp3) is 0.818. The molecule has 0 saturated heterocycles. The van der Waals surface area contributed by atoms with Crippen LogP contribution in [0.25, 0.3) is 0 Å². The van der Waals surface area contributed by atoms with Gasteiger partial charge in [0.25, 0.3) is 0 Å². The standard InChI is InChI=1S/C11H17ClO2/c12-9-4-5-10(13)11(14)6-2-1-3-8(11)7-9/h4,8,10,13-14H,1-3,5-7H2/t8-,10+,11-/m1/s1. The van der Waals surface area contributed by atoms with Gasteiger partial charge in [-0.1, -0.05) is 30.5 Å². The molecule has 0 radical (unpaired) electrons. The van der Waals surface area contributed by atoms with Crippen LogP contribution in [-0.4, -0.2) is 21.9 Å². The molecule has 0 bridgehead atoms. The van der Waals surface area contributed by atoms with Crippen LogP contribution in [0.15, 0.2) is 11.1 Å². The lowest BCUT2D eigenvalue weighted by atomic mass is 9.71. The number of halogens is 1. The molecule has 0 heterocycles. The molecule has 3 heteroatoms. The van der Waals surface area contributed by atoms with Crippen molar-refractivity contribution < 1.29 is 10.2 Å². The van der Waals surface area contributed by atoms with Crippen molar-refractivity contribution in [3.8, 4) is 0 Å². The first-order valence-corrected chi connectivity index (χ1v) is 5.75. The van der Waals surface area contributed by atoms with Gasteiger partial charge in [0.05, 0.1) is 11.7 Å². The maximum Gasteiger partial charge on any atom is 0.0939 e. The van der Waals surface area contributed by atoms with E-state index in [0.717, 1.165) is 37.1 Å². The minimum absolute atomic E-state index is 0.150. The Labute approximate surface area is 89.6 Å². The third kappa shape index (κ3) is 1.71. The smallest absolute Gasteiger partial charge is 0.0939 e. The summed E-state index contributed by atoms with van der Waals surface area (Å²) in [6.45, 7) is 0. The molecule has 0 spiro atoms. The topological polar surface area (TPSA) is 40.5 Å². The summed E-state index contributed by atoms with van der Waals surface area (Å²) in [5.41, 5.74) is -0.884.